The van der Waals surface area contributed by atoms with Gasteiger partial charge >= 0.3 is 0 Å². The molecular weight excluding hydrogens is 224 g/mol. The zero-order chi connectivity index (χ0) is 12.9. The van der Waals surface area contributed by atoms with Crippen molar-refractivity contribution in [2.45, 2.75) is 26.8 Å². The molecule has 0 saturated carbocycles. The summed E-state index contributed by atoms with van der Waals surface area (Å²) in [6.45, 7) is 6.10. The van der Waals surface area contributed by atoms with E-state index >= 15 is 0 Å². The van der Waals surface area contributed by atoms with Crippen molar-refractivity contribution in [3.63, 3.8) is 0 Å². The van der Waals surface area contributed by atoms with Crippen molar-refractivity contribution in [1.29, 1.82) is 0 Å². The van der Waals surface area contributed by atoms with E-state index in [1.54, 1.807) is 0 Å². The minimum Gasteiger partial charge on any atom is -0.365 e. The van der Waals surface area contributed by atoms with Crippen molar-refractivity contribution >= 4 is 28.6 Å². The largest absolute Gasteiger partial charge is 0.365 e. The Hall–Kier alpha value is -1.97. The van der Waals surface area contributed by atoms with Gasteiger partial charge < -0.3 is 4.90 Å². The Morgan fingerprint density at radius 3 is 2.33 bits per heavy atom. The van der Waals surface area contributed by atoms with Crippen molar-refractivity contribution in [3.8, 4) is 0 Å². The molecule has 1 unspecified atom stereocenters. The second-order valence-electron chi connectivity index (χ2n) is 4.85. The lowest BCUT2D eigenvalue weighted by Gasteiger charge is -2.29. The summed E-state index contributed by atoms with van der Waals surface area (Å²) in [4.78, 5) is 15.9. The van der Waals surface area contributed by atoms with E-state index in [1.165, 1.54) is 0 Å². The van der Waals surface area contributed by atoms with Crippen LogP contribution in [0.2, 0.25) is 0 Å². The summed E-state index contributed by atoms with van der Waals surface area (Å²) in [6.07, 6.45) is 1.96. The van der Waals surface area contributed by atoms with Gasteiger partial charge in [0.25, 0.3) is 0 Å². The molecule has 1 aromatic heterocycles. The van der Waals surface area contributed by atoms with Crippen LogP contribution in [-0.2, 0) is 0 Å². The van der Waals surface area contributed by atoms with E-state index in [0.29, 0.717) is 6.04 Å². The summed E-state index contributed by atoms with van der Waals surface area (Å²) in [5, 5.41) is 0. The lowest BCUT2D eigenvalue weighted by atomic mass is 10.1. The summed E-state index contributed by atoms with van der Waals surface area (Å²) in [6, 6.07) is 4.41. The highest BCUT2D eigenvalue weighted by Crippen LogP contribution is 2.35. The quantitative estimate of drug-likeness (QED) is 0.711. The van der Waals surface area contributed by atoms with Gasteiger partial charge in [-0.3, -0.25) is 4.99 Å². The normalized spacial score (nSPS) is 18.2. The number of hydrogen-bond donors (Lipinski definition) is 0. The van der Waals surface area contributed by atoms with Crippen molar-refractivity contribution in [3.05, 3.63) is 23.5 Å². The van der Waals surface area contributed by atoms with Crippen LogP contribution in [0.25, 0.3) is 11.0 Å². The number of aliphatic imine (C=N–C) groups is 1. The van der Waals surface area contributed by atoms with Gasteiger partial charge in [-0.1, -0.05) is 0 Å². The third kappa shape index (κ3) is 1.56. The molecule has 0 spiro atoms. The second-order valence-corrected chi connectivity index (χ2v) is 4.85. The van der Waals surface area contributed by atoms with Crippen LogP contribution in [0.1, 0.15) is 18.3 Å². The third-order valence-corrected chi connectivity index (χ3v) is 3.59. The average Bonchev–Trinajstić information content (AvgIpc) is 2.34. The Kier molecular flexibility index (Phi) is 2.33. The van der Waals surface area contributed by atoms with Crippen molar-refractivity contribution in [2.75, 3.05) is 11.9 Å². The molecule has 1 aliphatic heterocycles. The van der Waals surface area contributed by atoms with Crippen LogP contribution >= 0.6 is 0 Å². The molecule has 0 saturated heterocycles. The highest BCUT2D eigenvalue weighted by Gasteiger charge is 2.18. The van der Waals surface area contributed by atoms with E-state index in [2.05, 4.69) is 39.9 Å². The smallest absolute Gasteiger partial charge is 0.0913 e. The van der Waals surface area contributed by atoms with Crippen molar-refractivity contribution in [1.82, 2.24) is 9.97 Å². The van der Waals surface area contributed by atoms with Crippen LogP contribution in [0.15, 0.2) is 17.1 Å². The number of aromatic nitrogens is 2. The van der Waals surface area contributed by atoms with Gasteiger partial charge in [0, 0.05) is 13.3 Å². The maximum absolute atomic E-state index is 4.60. The first-order valence-electron chi connectivity index (χ1n) is 6.12. The molecule has 1 aliphatic rings. The molecule has 92 valence electrons. The molecule has 2 heterocycles. The zero-order valence-corrected chi connectivity index (χ0v) is 11.1. The van der Waals surface area contributed by atoms with Gasteiger partial charge in [-0.25, -0.2) is 9.97 Å². The molecule has 0 radical (unpaired) electrons. The SMILES string of the molecule is Cc1nc2cc3c(cc2nc1C)N(C)C(C)C=N3. The Balaban J connectivity index is 2.29. The van der Waals surface area contributed by atoms with Crippen LogP contribution in [0.5, 0.6) is 0 Å². The lowest BCUT2D eigenvalue weighted by molar-refractivity contribution is 0.863. The summed E-state index contributed by atoms with van der Waals surface area (Å²) in [7, 11) is 2.08. The van der Waals surface area contributed by atoms with Crippen molar-refractivity contribution in [2.24, 2.45) is 4.99 Å². The Morgan fingerprint density at radius 1 is 1.06 bits per heavy atom. The Morgan fingerprint density at radius 2 is 1.67 bits per heavy atom. The summed E-state index contributed by atoms with van der Waals surface area (Å²) < 4.78 is 0. The minimum absolute atomic E-state index is 0.314. The Bertz CT molecular complexity index is 660. The van der Waals surface area contributed by atoms with Gasteiger partial charge in [-0.15, -0.1) is 0 Å². The number of benzene rings is 1. The topological polar surface area (TPSA) is 41.4 Å². The predicted molar refractivity (Wildman–Crippen MR) is 75.0 cm³/mol. The van der Waals surface area contributed by atoms with E-state index in [-0.39, 0.29) is 0 Å². The number of aryl methyl sites for hydroxylation is 2. The highest BCUT2D eigenvalue weighted by molar-refractivity contribution is 5.92. The molecule has 0 N–H and O–H groups in total. The number of nitrogens with zero attached hydrogens (tertiary/aromatic N) is 4. The van der Waals surface area contributed by atoms with Gasteiger partial charge in [0.05, 0.1) is 39.8 Å². The highest BCUT2D eigenvalue weighted by atomic mass is 15.2. The van der Waals surface area contributed by atoms with Gasteiger partial charge in [-0.2, -0.15) is 0 Å². The summed E-state index contributed by atoms with van der Waals surface area (Å²) in [5.74, 6) is 0. The lowest BCUT2D eigenvalue weighted by Crippen LogP contribution is -2.32. The predicted octanol–water partition coefficient (Wildman–Crippen LogP) is 2.79. The first kappa shape index (κ1) is 11.1. The summed E-state index contributed by atoms with van der Waals surface area (Å²) >= 11 is 0. The van der Waals surface area contributed by atoms with Crippen LogP contribution in [0.4, 0.5) is 11.4 Å². The van der Waals surface area contributed by atoms with Gasteiger partial charge in [-0.05, 0) is 32.9 Å². The molecule has 1 aromatic carbocycles. The van der Waals surface area contributed by atoms with E-state index in [4.69, 9.17) is 0 Å². The molecule has 0 aliphatic carbocycles. The average molecular weight is 240 g/mol. The maximum Gasteiger partial charge on any atom is 0.0913 e. The van der Waals surface area contributed by atoms with Crippen molar-refractivity contribution < 1.29 is 0 Å². The number of anilines is 1. The van der Waals surface area contributed by atoms with Gasteiger partial charge in [0.15, 0.2) is 0 Å². The van der Waals surface area contributed by atoms with Gasteiger partial charge in [0.2, 0.25) is 0 Å². The van der Waals surface area contributed by atoms with E-state index in [1.807, 2.05) is 26.1 Å². The second kappa shape index (κ2) is 3.77. The molecule has 2 aromatic rings. The van der Waals surface area contributed by atoms with Crippen LogP contribution < -0.4 is 4.90 Å². The minimum atomic E-state index is 0.314. The number of hydrogen-bond acceptors (Lipinski definition) is 4. The summed E-state index contributed by atoms with van der Waals surface area (Å²) in [5.41, 5.74) is 5.90. The molecule has 3 rings (SSSR count). The molecule has 4 nitrogen and oxygen atoms in total. The first-order valence-corrected chi connectivity index (χ1v) is 6.12. The molecule has 18 heavy (non-hydrogen) atoms. The Labute approximate surface area is 106 Å². The van der Waals surface area contributed by atoms with E-state index in [0.717, 1.165) is 33.8 Å². The standard InChI is InChI=1S/C14H16N4/c1-8-7-15-13-5-11-12(6-14(13)18(8)4)17-10(3)9(2)16-11/h5-8H,1-4H3. The van der Waals surface area contributed by atoms with Crippen LogP contribution in [-0.4, -0.2) is 29.3 Å². The first-order chi connectivity index (χ1) is 8.56. The molecule has 1 atom stereocenters. The fraction of sp³-hybridized carbons (Fsp3) is 0.357. The molecule has 0 bridgehead atoms. The number of fused-ring (bicyclic) bond motifs is 2. The van der Waals surface area contributed by atoms with E-state index < -0.39 is 0 Å². The molecule has 4 heteroatoms. The van der Waals surface area contributed by atoms with Crippen LogP contribution in [0, 0.1) is 13.8 Å². The molecule has 0 fully saturated rings. The molecule has 0 amide bonds. The molecular formula is C14H16N4. The monoisotopic (exact) mass is 240 g/mol. The van der Waals surface area contributed by atoms with Gasteiger partial charge in [0.1, 0.15) is 0 Å². The van der Waals surface area contributed by atoms with E-state index in [9.17, 15) is 0 Å². The van der Waals surface area contributed by atoms with Crippen LogP contribution in [0.3, 0.4) is 0 Å². The fourth-order valence-electron chi connectivity index (χ4n) is 2.15. The fourth-order valence-corrected chi connectivity index (χ4v) is 2.15. The third-order valence-electron chi connectivity index (χ3n) is 3.59. The zero-order valence-electron chi connectivity index (χ0n) is 11.1. The maximum atomic E-state index is 4.60. The number of rotatable bonds is 0.